The Morgan fingerprint density at radius 2 is 2.04 bits per heavy atom. The molecule has 2 aromatic rings. The zero-order valence-electron chi connectivity index (χ0n) is 12.8. The molecule has 24 heavy (non-hydrogen) atoms. The average Bonchev–Trinajstić information content (AvgIpc) is 2.59. The lowest BCUT2D eigenvalue weighted by molar-refractivity contribution is -0.127. The zero-order valence-corrected chi connectivity index (χ0v) is 14.3. The number of rotatable bonds is 2. The minimum atomic E-state index is -0.533. The van der Waals surface area contributed by atoms with Crippen LogP contribution in [0.25, 0.3) is 11.3 Å². The van der Waals surface area contributed by atoms with Crippen molar-refractivity contribution in [1.82, 2.24) is 20.2 Å². The number of hydrogen-bond acceptors (Lipinski definition) is 4. The van der Waals surface area contributed by atoms with Crippen LogP contribution in [0.15, 0.2) is 30.6 Å². The van der Waals surface area contributed by atoms with Crippen LogP contribution in [0.5, 0.6) is 0 Å². The van der Waals surface area contributed by atoms with Gasteiger partial charge in [-0.25, -0.2) is 9.97 Å². The van der Waals surface area contributed by atoms with Gasteiger partial charge in [0.2, 0.25) is 5.91 Å². The average molecular weight is 365 g/mol. The molecular formula is C16H14Cl2N4O2. The number of carbonyl (C=O) groups excluding carboxylic acids is 2. The second kappa shape index (κ2) is 6.75. The van der Waals surface area contributed by atoms with E-state index in [1.165, 1.54) is 11.2 Å². The van der Waals surface area contributed by atoms with Crippen LogP contribution < -0.4 is 5.32 Å². The van der Waals surface area contributed by atoms with Crippen LogP contribution in [0.3, 0.4) is 0 Å². The Bertz CT molecular complexity index is 812. The predicted octanol–water partition coefficient (Wildman–Crippen LogP) is 2.41. The minimum absolute atomic E-state index is 0.173. The Balaban J connectivity index is 1.91. The van der Waals surface area contributed by atoms with Crippen molar-refractivity contribution in [2.75, 3.05) is 13.1 Å². The first-order valence-electron chi connectivity index (χ1n) is 7.33. The van der Waals surface area contributed by atoms with Crippen molar-refractivity contribution in [1.29, 1.82) is 0 Å². The summed E-state index contributed by atoms with van der Waals surface area (Å²) in [5, 5.41) is 3.57. The molecule has 2 amide bonds. The third kappa shape index (κ3) is 3.20. The van der Waals surface area contributed by atoms with Gasteiger partial charge in [-0.2, -0.15) is 0 Å². The number of benzene rings is 1. The molecule has 8 heteroatoms. The molecule has 1 saturated heterocycles. The molecule has 1 aromatic heterocycles. The largest absolute Gasteiger partial charge is 0.353 e. The summed E-state index contributed by atoms with van der Waals surface area (Å²) in [6, 6.07) is 6.16. The zero-order chi connectivity index (χ0) is 17.3. The van der Waals surface area contributed by atoms with Gasteiger partial charge in [-0.05, 0) is 25.1 Å². The first kappa shape index (κ1) is 16.7. The van der Waals surface area contributed by atoms with E-state index in [0.29, 0.717) is 28.8 Å². The maximum atomic E-state index is 12.7. The fourth-order valence-electron chi connectivity index (χ4n) is 2.49. The van der Waals surface area contributed by atoms with Gasteiger partial charge in [0.1, 0.15) is 18.1 Å². The number of nitrogens with one attached hydrogen (secondary N) is 1. The van der Waals surface area contributed by atoms with Gasteiger partial charge in [-0.3, -0.25) is 9.59 Å². The summed E-state index contributed by atoms with van der Waals surface area (Å²) in [7, 11) is 0. The summed E-state index contributed by atoms with van der Waals surface area (Å²) in [5.41, 5.74) is 1.51. The molecule has 1 atom stereocenters. The van der Waals surface area contributed by atoms with E-state index in [1.807, 2.05) is 0 Å². The van der Waals surface area contributed by atoms with Crippen molar-refractivity contribution in [2.24, 2.45) is 0 Å². The Morgan fingerprint density at radius 1 is 1.25 bits per heavy atom. The lowest BCUT2D eigenvalue weighted by Crippen LogP contribution is -2.55. The van der Waals surface area contributed by atoms with Crippen molar-refractivity contribution in [3.63, 3.8) is 0 Å². The van der Waals surface area contributed by atoms with Crippen molar-refractivity contribution < 1.29 is 9.59 Å². The summed E-state index contributed by atoms with van der Waals surface area (Å²) in [6.07, 6.45) is 1.32. The second-order valence-corrected chi connectivity index (χ2v) is 6.20. The van der Waals surface area contributed by atoms with Gasteiger partial charge < -0.3 is 10.2 Å². The monoisotopic (exact) mass is 364 g/mol. The van der Waals surface area contributed by atoms with Crippen molar-refractivity contribution in [3.8, 4) is 11.3 Å². The van der Waals surface area contributed by atoms with E-state index in [4.69, 9.17) is 23.2 Å². The number of nitrogens with zero attached hydrogens (tertiary/aromatic N) is 3. The van der Waals surface area contributed by atoms with E-state index >= 15 is 0 Å². The van der Waals surface area contributed by atoms with Gasteiger partial charge >= 0.3 is 0 Å². The Morgan fingerprint density at radius 3 is 2.79 bits per heavy atom. The number of hydrogen-bond donors (Lipinski definition) is 1. The van der Waals surface area contributed by atoms with E-state index in [2.05, 4.69) is 15.3 Å². The van der Waals surface area contributed by atoms with Gasteiger partial charge in [0, 0.05) is 18.7 Å². The Kier molecular flexibility index (Phi) is 4.69. The van der Waals surface area contributed by atoms with Crippen LogP contribution >= 0.6 is 23.2 Å². The predicted molar refractivity (Wildman–Crippen MR) is 91.0 cm³/mol. The van der Waals surface area contributed by atoms with Crippen LogP contribution in [0.4, 0.5) is 0 Å². The molecule has 0 spiro atoms. The molecular weight excluding hydrogens is 351 g/mol. The molecule has 0 aliphatic carbocycles. The molecule has 6 nitrogen and oxygen atoms in total. The highest BCUT2D eigenvalue weighted by Crippen LogP contribution is 2.27. The number of carbonyl (C=O) groups is 2. The number of halogens is 2. The van der Waals surface area contributed by atoms with E-state index in [0.717, 1.165) is 5.56 Å². The van der Waals surface area contributed by atoms with E-state index in [1.54, 1.807) is 31.2 Å². The molecule has 1 unspecified atom stereocenters. The summed E-state index contributed by atoms with van der Waals surface area (Å²) < 4.78 is 0. The number of aromatic nitrogens is 2. The van der Waals surface area contributed by atoms with Gasteiger partial charge in [0.05, 0.1) is 15.7 Å². The maximum Gasteiger partial charge on any atom is 0.273 e. The summed E-state index contributed by atoms with van der Waals surface area (Å²) >= 11 is 11.9. The van der Waals surface area contributed by atoms with Gasteiger partial charge in [-0.1, -0.05) is 29.3 Å². The van der Waals surface area contributed by atoms with Gasteiger partial charge in [-0.15, -0.1) is 0 Å². The Hall–Kier alpha value is -2.18. The number of piperazine rings is 1. The molecule has 0 saturated carbocycles. The fraction of sp³-hybridized carbons (Fsp3) is 0.250. The summed E-state index contributed by atoms with van der Waals surface area (Å²) in [4.78, 5) is 34.1. The minimum Gasteiger partial charge on any atom is -0.353 e. The van der Waals surface area contributed by atoms with Crippen LogP contribution in [0, 0.1) is 0 Å². The maximum absolute atomic E-state index is 12.7. The SMILES string of the molecule is CC1C(=O)NCCN1C(=O)c1cc(-c2ccc(Cl)c(Cl)c2)ncn1. The van der Waals surface area contributed by atoms with Crippen LogP contribution in [0.2, 0.25) is 10.0 Å². The lowest BCUT2D eigenvalue weighted by atomic mass is 10.1. The third-order valence-electron chi connectivity index (χ3n) is 3.86. The van der Waals surface area contributed by atoms with E-state index in [9.17, 15) is 9.59 Å². The van der Waals surface area contributed by atoms with Gasteiger partial charge in [0.25, 0.3) is 5.91 Å². The highest BCUT2D eigenvalue weighted by atomic mass is 35.5. The van der Waals surface area contributed by atoms with E-state index < -0.39 is 6.04 Å². The summed E-state index contributed by atoms with van der Waals surface area (Å²) in [6.45, 7) is 2.56. The molecule has 0 bridgehead atoms. The first-order chi connectivity index (χ1) is 11.5. The third-order valence-corrected chi connectivity index (χ3v) is 4.60. The topological polar surface area (TPSA) is 75.2 Å². The highest BCUT2D eigenvalue weighted by Gasteiger charge is 2.30. The lowest BCUT2D eigenvalue weighted by Gasteiger charge is -2.32. The normalized spacial score (nSPS) is 17.5. The van der Waals surface area contributed by atoms with Crippen molar-refractivity contribution in [2.45, 2.75) is 13.0 Å². The van der Waals surface area contributed by atoms with Crippen LogP contribution in [-0.4, -0.2) is 45.8 Å². The van der Waals surface area contributed by atoms with E-state index in [-0.39, 0.29) is 17.5 Å². The van der Waals surface area contributed by atoms with Crippen LogP contribution in [-0.2, 0) is 4.79 Å². The molecule has 1 aliphatic heterocycles. The molecule has 1 aliphatic rings. The highest BCUT2D eigenvalue weighted by molar-refractivity contribution is 6.42. The Labute approximate surface area is 148 Å². The fourth-order valence-corrected chi connectivity index (χ4v) is 2.79. The van der Waals surface area contributed by atoms with Crippen LogP contribution in [0.1, 0.15) is 17.4 Å². The first-order valence-corrected chi connectivity index (χ1v) is 8.09. The summed E-state index contributed by atoms with van der Waals surface area (Å²) in [5.74, 6) is -0.477. The van der Waals surface area contributed by atoms with Gasteiger partial charge in [0.15, 0.2) is 0 Å². The van der Waals surface area contributed by atoms with Crippen molar-refractivity contribution >= 4 is 35.0 Å². The smallest absolute Gasteiger partial charge is 0.273 e. The molecule has 0 radical (unpaired) electrons. The standard InChI is InChI=1S/C16H14Cl2N4O2/c1-9-15(23)19-4-5-22(9)16(24)14-7-13(20-8-21-14)10-2-3-11(17)12(18)6-10/h2-3,6-9H,4-5H2,1H3,(H,19,23). The molecule has 2 heterocycles. The molecule has 1 fully saturated rings. The second-order valence-electron chi connectivity index (χ2n) is 5.38. The van der Waals surface area contributed by atoms with Crippen molar-refractivity contribution in [3.05, 3.63) is 46.3 Å². The number of amides is 2. The quantitative estimate of drug-likeness (QED) is 0.887. The molecule has 124 valence electrons. The molecule has 3 rings (SSSR count). The molecule has 1 N–H and O–H groups in total. The molecule has 1 aromatic carbocycles.